The van der Waals surface area contributed by atoms with Crippen LogP contribution in [0.25, 0.3) is 0 Å². The molecule has 2 unspecified atom stereocenters. The summed E-state index contributed by atoms with van der Waals surface area (Å²) in [6, 6.07) is 5.61. The van der Waals surface area contributed by atoms with Gasteiger partial charge in [-0.15, -0.1) is 0 Å². The summed E-state index contributed by atoms with van der Waals surface area (Å²) in [5.41, 5.74) is 0.980. The highest BCUT2D eigenvalue weighted by Crippen LogP contribution is 2.37. The van der Waals surface area contributed by atoms with E-state index in [-0.39, 0.29) is 12.0 Å². The van der Waals surface area contributed by atoms with Gasteiger partial charge in [-0.2, -0.15) is 0 Å². The molecular formula is C15H18ClNO3. The highest BCUT2D eigenvalue weighted by atomic mass is 35.5. The molecule has 4 nitrogen and oxygen atoms in total. The third kappa shape index (κ3) is 2.76. The number of hydrogen-bond donors (Lipinski definition) is 2. The molecule has 0 aromatic heterocycles. The van der Waals surface area contributed by atoms with Crippen molar-refractivity contribution in [2.75, 3.05) is 6.54 Å². The van der Waals surface area contributed by atoms with E-state index in [9.17, 15) is 4.79 Å². The molecule has 2 fully saturated rings. The van der Waals surface area contributed by atoms with Crippen LogP contribution in [-0.4, -0.2) is 23.7 Å². The van der Waals surface area contributed by atoms with Crippen molar-refractivity contribution in [1.29, 1.82) is 0 Å². The summed E-state index contributed by atoms with van der Waals surface area (Å²) < 4.78 is 6.00. The minimum Gasteiger partial charge on any atom is -0.490 e. The van der Waals surface area contributed by atoms with Crippen LogP contribution in [-0.2, 0) is 4.79 Å². The lowest BCUT2D eigenvalue weighted by Gasteiger charge is -2.28. The van der Waals surface area contributed by atoms with Crippen LogP contribution in [0.1, 0.15) is 37.3 Å². The Morgan fingerprint density at radius 3 is 2.80 bits per heavy atom. The molecule has 1 saturated heterocycles. The van der Waals surface area contributed by atoms with E-state index in [1.54, 1.807) is 0 Å². The first-order valence-corrected chi connectivity index (χ1v) is 7.43. The van der Waals surface area contributed by atoms with Gasteiger partial charge in [0.05, 0.1) is 12.0 Å². The van der Waals surface area contributed by atoms with Crippen LogP contribution >= 0.6 is 11.6 Å². The summed E-state index contributed by atoms with van der Waals surface area (Å²) in [4.78, 5) is 11.1. The second kappa shape index (κ2) is 5.62. The molecule has 3 rings (SSSR count). The van der Waals surface area contributed by atoms with E-state index in [0.29, 0.717) is 24.1 Å². The van der Waals surface area contributed by atoms with Gasteiger partial charge in [0.25, 0.3) is 0 Å². The Morgan fingerprint density at radius 1 is 1.40 bits per heavy atom. The lowest BCUT2D eigenvalue weighted by molar-refractivity contribution is -0.141. The molecule has 1 heterocycles. The van der Waals surface area contributed by atoms with Crippen molar-refractivity contribution in [3.63, 3.8) is 0 Å². The van der Waals surface area contributed by atoms with Gasteiger partial charge in [-0.1, -0.05) is 11.6 Å². The highest BCUT2D eigenvalue weighted by molar-refractivity contribution is 6.30. The minimum atomic E-state index is -0.747. The number of carboxylic acid groups (broad SMARTS) is 1. The maximum atomic E-state index is 11.1. The monoisotopic (exact) mass is 295 g/mol. The van der Waals surface area contributed by atoms with Crippen LogP contribution in [0.3, 0.4) is 0 Å². The van der Waals surface area contributed by atoms with Crippen LogP contribution in [0.2, 0.25) is 5.02 Å². The number of benzene rings is 1. The summed E-state index contributed by atoms with van der Waals surface area (Å²) in [7, 11) is 0. The molecule has 1 aromatic rings. The van der Waals surface area contributed by atoms with Gasteiger partial charge in [0, 0.05) is 23.2 Å². The van der Waals surface area contributed by atoms with Crippen molar-refractivity contribution in [1.82, 2.24) is 5.32 Å². The first-order valence-electron chi connectivity index (χ1n) is 7.06. The van der Waals surface area contributed by atoms with Crippen molar-refractivity contribution < 1.29 is 14.6 Å². The Bertz CT molecular complexity index is 516. The number of carbonyl (C=O) groups is 1. The molecule has 5 heteroatoms. The fraction of sp³-hybridized carbons (Fsp3) is 0.533. The van der Waals surface area contributed by atoms with E-state index in [1.165, 1.54) is 6.42 Å². The first-order chi connectivity index (χ1) is 9.63. The van der Waals surface area contributed by atoms with Crippen LogP contribution in [0.4, 0.5) is 0 Å². The molecule has 2 aliphatic rings. The van der Waals surface area contributed by atoms with Crippen molar-refractivity contribution in [3.8, 4) is 5.75 Å². The maximum absolute atomic E-state index is 11.1. The quantitative estimate of drug-likeness (QED) is 0.896. The van der Waals surface area contributed by atoms with E-state index in [4.69, 9.17) is 21.4 Å². The summed E-state index contributed by atoms with van der Waals surface area (Å²) >= 11 is 6.08. The molecule has 0 spiro atoms. The predicted octanol–water partition coefficient (Wildman–Crippen LogP) is 3.01. The summed E-state index contributed by atoms with van der Waals surface area (Å²) in [6.45, 7) is 0.495. The second-order valence-corrected chi connectivity index (χ2v) is 6.02. The molecule has 1 saturated carbocycles. The molecule has 20 heavy (non-hydrogen) atoms. The average Bonchev–Trinajstić information content (AvgIpc) is 2.84. The SMILES string of the molecule is O=C(O)C1CNC(c2cc(Cl)ccc2OC2CCC2)C1. The van der Waals surface area contributed by atoms with E-state index in [2.05, 4.69) is 5.32 Å². The topological polar surface area (TPSA) is 58.6 Å². The van der Waals surface area contributed by atoms with Gasteiger partial charge in [-0.25, -0.2) is 0 Å². The number of aliphatic carboxylic acids is 1. The number of rotatable bonds is 4. The van der Waals surface area contributed by atoms with Crippen molar-refractivity contribution in [2.24, 2.45) is 5.92 Å². The Hall–Kier alpha value is -1.26. The fourth-order valence-corrected chi connectivity index (χ4v) is 2.91. The van der Waals surface area contributed by atoms with Gasteiger partial charge in [0.15, 0.2) is 0 Å². The fourth-order valence-electron chi connectivity index (χ4n) is 2.73. The van der Waals surface area contributed by atoms with Gasteiger partial charge < -0.3 is 15.2 Å². The second-order valence-electron chi connectivity index (χ2n) is 5.58. The standard InChI is InChI=1S/C15H18ClNO3/c16-10-4-5-14(20-11-2-1-3-11)12(7-10)13-6-9(8-17-13)15(18)19/h4-5,7,9,11,13,17H,1-3,6,8H2,(H,18,19). The Balaban J connectivity index is 1.80. The van der Waals surface area contributed by atoms with E-state index < -0.39 is 5.97 Å². The molecule has 1 aliphatic carbocycles. The van der Waals surface area contributed by atoms with E-state index in [0.717, 1.165) is 24.2 Å². The number of halogens is 1. The maximum Gasteiger partial charge on any atom is 0.307 e. The Labute approximate surface area is 123 Å². The predicted molar refractivity (Wildman–Crippen MR) is 76.2 cm³/mol. The lowest BCUT2D eigenvalue weighted by atomic mass is 9.95. The van der Waals surface area contributed by atoms with Gasteiger partial charge >= 0.3 is 5.97 Å². The molecule has 1 aromatic carbocycles. The zero-order valence-electron chi connectivity index (χ0n) is 11.1. The smallest absolute Gasteiger partial charge is 0.307 e. The lowest BCUT2D eigenvalue weighted by Crippen LogP contribution is -2.25. The third-order valence-electron chi connectivity index (χ3n) is 4.17. The first kappa shape index (κ1) is 13.7. The zero-order valence-corrected chi connectivity index (χ0v) is 11.9. The van der Waals surface area contributed by atoms with Gasteiger partial charge in [0.1, 0.15) is 5.75 Å². The molecule has 2 N–H and O–H groups in total. The summed E-state index contributed by atoms with van der Waals surface area (Å²) in [6.07, 6.45) is 4.29. The number of hydrogen-bond acceptors (Lipinski definition) is 3. The van der Waals surface area contributed by atoms with E-state index >= 15 is 0 Å². The molecule has 108 valence electrons. The molecule has 1 aliphatic heterocycles. The van der Waals surface area contributed by atoms with Crippen molar-refractivity contribution in [3.05, 3.63) is 28.8 Å². The third-order valence-corrected chi connectivity index (χ3v) is 4.41. The average molecular weight is 296 g/mol. The van der Waals surface area contributed by atoms with Crippen LogP contribution < -0.4 is 10.1 Å². The van der Waals surface area contributed by atoms with Gasteiger partial charge in [-0.3, -0.25) is 4.79 Å². The molecule has 2 atom stereocenters. The largest absolute Gasteiger partial charge is 0.490 e. The zero-order chi connectivity index (χ0) is 14.1. The van der Waals surface area contributed by atoms with E-state index in [1.807, 2.05) is 18.2 Å². The van der Waals surface area contributed by atoms with Crippen LogP contribution in [0.15, 0.2) is 18.2 Å². The summed E-state index contributed by atoms with van der Waals surface area (Å²) in [5.74, 6) is -0.248. The molecular weight excluding hydrogens is 278 g/mol. The van der Waals surface area contributed by atoms with Crippen molar-refractivity contribution >= 4 is 17.6 Å². The van der Waals surface area contributed by atoms with Gasteiger partial charge in [-0.05, 0) is 43.9 Å². The summed E-state index contributed by atoms with van der Waals surface area (Å²) in [5, 5.41) is 13.0. The number of ether oxygens (including phenoxy) is 1. The Kier molecular flexibility index (Phi) is 3.85. The number of carboxylic acids is 1. The molecule has 0 radical (unpaired) electrons. The van der Waals surface area contributed by atoms with Crippen LogP contribution in [0, 0.1) is 5.92 Å². The molecule has 0 bridgehead atoms. The minimum absolute atomic E-state index is 0.00452. The van der Waals surface area contributed by atoms with Crippen molar-refractivity contribution in [2.45, 2.75) is 37.8 Å². The van der Waals surface area contributed by atoms with Crippen LogP contribution in [0.5, 0.6) is 5.75 Å². The Morgan fingerprint density at radius 2 is 2.20 bits per heavy atom. The molecule has 0 amide bonds. The number of nitrogens with one attached hydrogen (secondary N) is 1. The normalized spacial score (nSPS) is 26.2. The van der Waals surface area contributed by atoms with Gasteiger partial charge in [0.2, 0.25) is 0 Å². The highest BCUT2D eigenvalue weighted by Gasteiger charge is 2.32.